The third-order valence-electron chi connectivity index (χ3n) is 4.93. The number of carbonyl (C=O) groups is 1. The highest BCUT2D eigenvalue weighted by atomic mass is 19.4. The van der Waals surface area contributed by atoms with E-state index in [0.717, 1.165) is 43.0 Å². The lowest BCUT2D eigenvalue weighted by Gasteiger charge is -2.31. The number of anilines is 2. The van der Waals surface area contributed by atoms with Crippen molar-refractivity contribution in [1.82, 2.24) is 0 Å². The highest BCUT2D eigenvalue weighted by Gasteiger charge is 2.36. The minimum atomic E-state index is -4.50. The van der Waals surface area contributed by atoms with Crippen molar-refractivity contribution in [3.8, 4) is 0 Å². The Balaban J connectivity index is 1.61. The topological polar surface area (TPSA) is 50.9 Å². The van der Waals surface area contributed by atoms with E-state index in [0.29, 0.717) is 0 Å². The summed E-state index contributed by atoms with van der Waals surface area (Å²) in [6, 6.07) is 10.5. The van der Waals surface area contributed by atoms with Crippen LogP contribution >= 0.6 is 0 Å². The number of rotatable bonds is 4. The number of alkyl halides is 3. The van der Waals surface area contributed by atoms with Gasteiger partial charge in [0.05, 0.1) is 17.4 Å². The molecule has 5 nitrogen and oxygen atoms in total. The number of halogens is 3. The molecule has 3 N–H and O–H groups in total. The van der Waals surface area contributed by atoms with E-state index in [9.17, 15) is 18.0 Å². The number of quaternary nitrogens is 1. The Morgan fingerprint density at radius 3 is 2.44 bits per heavy atom. The van der Waals surface area contributed by atoms with Gasteiger partial charge in [0.15, 0.2) is 6.04 Å². The maximum absolute atomic E-state index is 13.1. The second-order valence-electron chi connectivity index (χ2n) is 6.65. The lowest BCUT2D eigenvalue weighted by molar-refractivity contribution is -0.914. The Bertz CT molecular complexity index is 774. The van der Waals surface area contributed by atoms with E-state index >= 15 is 0 Å². The van der Waals surface area contributed by atoms with Gasteiger partial charge in [0, 0.05) is 6.07 Å². The molecule has 0 saturated carbocycles. The summed E-state index contributed by atoms with van der Waals surface area (Å²) in [7, 11) is 0. The first-order chi connectivity index (χ1) is 12.9. The lowest BCUT2D eigenvalue weighted by atomic mass is 10.1. The summed E-state index contributed by atoms with van der Waals surface area (Å²) in [5.74, 6) is 0.620. The third-order valence-corrected chi connectivity index (χ3v) is 4.93. The molecule has 0 spiro atoms. The van der Waals surface area contributed by atoms with Gasteiger partial charge >= 0.3 is 6.18 Å². The van der Waals surface area contributed by atoms with E-state index in [2.05, 4.69) is 15.2 Å². The van der Waals surface area contributed by atoms with Crippen LogP contribution in [0.3, 0.4) is 0 Å². The number of hydrogen-bond donors (Lipinski definition) is 2. The molecule has 0 aliphatic carbocycles. The van der Waals surface area contributed by atoms with Gasteiger partial charge in [-0.15, -0.1) is 0 Å². The average Bonchev–Trinajstić information content (AvgIpc) is 2.68. The molecule has 1 atom stereocenters. The van der Waals surface area contributed by atoms with Crippen LogP contribution in [0.1, 0.15) is 12.5 Å². The fourth-order valence-electron chi connectivity index (χ4n) is 3.31. The number of para-hydroxylation sites is 1. The Hall–Kier alpha value is -2.61. The molecule has 0 bridgehead atoms. The third kappa shape index (κ3) is 4.57. The quantitative estimate of drug-likeness (QED) is 0.839. The van der Waals surface area contributed by atoms with Gasteiger partial charge in [-0.3, -0.25) is 9.69 Å². The SMILES string of the molecule is C[C@@H](C(=O)Nc1ccccc1C(F)(F)F)[NH+]1CCN(c2cccc[nH+]2)CC1. The van der Waals surface area contributed by atoms with E-state index < -0.39 is 23.7 Å². The number of aromatic nitrogens is 1. The second kappa shape index (κ2) is 7.96. The lowest BCUT2D eigenvalue weighted by Crippen LogP contribution is -3.19. The van der Waals surface area contributed by atoms with Gasteiger partial charge in [-0.05, 0) is 25.1 Å². The van der Waals surface area contributed by atoms with E-state index in [-0.39, 0.29) is 5.69 Å². The van der Waals surface area contributed by atoms with Crippen LogP contribution in [0.5, 0.6) is 0 Å². The Kier molecular flexibility index (Phi) is 5.65. The smallest absolute Gasteiger partial charge is 0.320 e. The van der Waals surface area contributed by atoms with Crippen molar-refractivity contribution in [2.24, 2.45) is 0 Å². The van der Waals surface area contributed by atoms with Crippen molar-refractivity contribution < 1.29 is 27.8 Å². The molecule has 0 radical (unpaired) electrons. The zero-order valence-corrected chi connectivity index (χ0v) is 15.0. The number of carbonyl (C=O) groups excluding carboxylic acids is 1. The molecule has 1 aliphatic rings. The molecule has 1 aromatic carbocycles. The molecule has 144 valence electrons. The van der Waals surface area contributed by atoms with Gasteiger partial charge in [-0.2, -0.15) is 13.2 Å². The summed E-state index contributed by atoms with van der Waals surface area (Å²) >= 11 is 0. The average molecular weight is 380 g/mol. The molecule has 3 rings (SSSR count). The van der Waals surface area contributed by atoms with Crippen LogP contribution < -0.4 is 20.1 Å². The monoisotopic (exact) mass is 380 g/mol. The van der Waals surface area contributed by atoms with Crippen LogP contribution in [0, 0.1) is 0 Å². The molecule has 1 amide bonds. The molecule has 1 aromatic heterocycles. The number of hydrogen-bond acceptors (Lipinski definition) is 2. The van der Waals surface area contributed by atoms with E-state index in [1.807, 2.05) is 24.4 Å². The van der Waals surface area contributed by atoms with Crippen molar-refractivity contribution in [1.29, 1.82) is 0 Å². The van der Waals surface area contributed by atoms with E-state index in [1.54, 1.807) is 6.92 Å². The summed E-state index contributed by atoms with van der Waals surface area (Å²) < 4.78 is 39.3. The summed E-state index contributed by atoms with van der Waals surface area (Å²) in [5.41, 5.74) is -1.02. The number of pyridine rings is 1. The Morgan fingerprint density at radius 1 is 1.15 bits per heavy atom. The van der Waals surface area contributed by atoms with Crippen molar-refractivity contribution in [2.75, 3.05) is 36.4 Å². The molecule has 0 unspecified atom stereocenters. The molecule has 1 fully saturated rings. The summed E-state index contributed by atoms with van der Waals surface area (Å²) in [6.07, 6.45) is -2.64. The predicted octanol–water partition coefficient (Wildman–Crippen LogP) is 1.25. The highest BCUT2D eigenvalue weighted by molar-refractivity contribution is 5.94. The number of piperazine rings is 1. The molecule has 2 heterocycles. The van der Waals surface area contributed by atoms with Crippen molar-refractivity contribution >= 4 is 17.4 Å². The van der Waals surface area contributed by atoms with Crippen LogP contribution in [-0.2, 0) is 11.0 Å². The number of nitrogens with one attached hydrogen (secondary N) is 3. The first-order valence-corrected chi connectivity index (χ1v) is 8.89. The van der Waals surface area contributed by atoms with E-state index in [1.165, 1.54) is 18.2 Å². The zero-order chi connectivity index (χ0) is 19.4. The number of nitrogens with zero attached hydrogens (tertiary/aromatic N) is 1. The van der Waals surface area contributed by atoms with Crippen LogP contribution in [0.15, 0.2) is 48.7 Å². The largest absolute Gasteiger partial charge is 0.418 e. The van der Waals surface area contributed by atoms with Gasteiger partial charge in [0.25, 0.3) is 11.7 Å². The second-order valence-corrected chi connectivity index (χ2v) is 6.65. The first-order valence-electron chi connectivity index (χ1n) is 8.89. The van der Waals surface area contributed by atoms with Crippen LogP contribution in [-0.4, -0.2) is 38.1 Å². The fraction of sp³-hybridized carbons (Fsp3) is 0.368. The molecular formula is C19H23F3N4O+2. The van der Waals surface area contributed by atoms with Crippen LogP contribution in [0.2, 0.25) is 0 Å². The predicted molar refractivity (Wildman–Crippen MR) is 95.4 cm³/mol. The van der Waals surface area contributed by atoms with Crippen molar-refractivity contribution in [3.63, 3.8) is 0 Å². The number of H-pyrrole nitrogens is 1. The van der Waals surface area contributed by atoms with Crippen LogP contribution in [0.4, 0.5) is 24.7 Å². The van der Waals surface area contributed by atoms with Crippen molar-refractivity contribution in [2.45, 2.75) is 19.1 Å². The fourth-order valence-corrected chi connectivity index (χ4v) is 3.31. The Labute approximate surface area is 155 Å². The molecule has 8 heteroatoms. The highest BCUT2D eigenvalue weighted by Crippen LogP contribution is 2.34. The zero-order valence-electron chi connectivity index (χ0n) is 15.0. The maximum Gasteiger partial charge on any atom is 0.418 e. The minimum Gasteiger partial charge on any atom is -0.320 e. The standard InChI is InChI=1S/C19H21F3N4O/c1-14(18(27)24-16-7-3-2-6-15(16)19(20,21)22)25-10-12-26(13-11-25)17-8-4-5-9-23-17/h2-9,14H,10-13H2,1H3,(H,24,27)/p+2/t14-/m0/s1. The molecular weight excluding hydrogens is 357 g/mol. The molecule has 1 aliphatic heterocycles. The van der Waals surface area contributed by atoms with Gasteiger partial charge in [0.1, 0.15) is 26.2 Å². The number of aromatic amines is 1. The molecule has 2 aromatic rings. The Morgan fingerprint density at radius 2 is 1.81 bits per heavy atom. The first kappa shape index (κ1) is 19.2. The van der Waals surface area contributed by atoms with Gasteiger partial charge in [0.2, 0.25) is 0 Å². The van der Waals surface area contributed by atoms with Gasteiger partial charge < -0.3 is 10.2 Å². The molecule has 1 saturated heterocycles. The van der Waals surface area contributed by atoms with Gasteiger partial charge in [-0.25, -0.2) is 4.98 Å². The summed E-state index contributed by atoms with van der Waals surface area (Å²) in [5, 5.41) is 2.46. The minimum absolute atomic E-state index is 0.196. The van der Waals surface area contributed by atoms with Crippen molar-refractivity contribution in [3.05, 3.63) is 54.2 Å². The summed E-state index contributed by atoms with van der Waals surface area (Å²) in [6.45, 7) is 4.76. The number of amides is 1. The summed E-state index contributed by atoms with van der Waals surface area (Å²) in [4.78, 5) is 19.0. The number of benzene rings is 1. The molecule has 27 heavy (non-hydrogen) atoms. The van der Waals surface area contributed by atoms with E-state index in [4.69, 9.17) is 0 Å². The van der Waals surface area contributed by atoms with Crippen LogP contribution in [0.25, 0.3) is 0 Å². The normalized spacial score (nSPS) is 16.8. The maximum atomic E-state index is 13.1. The van der Waals surface area contributed by atoms with Gasteiger partial charge in [-0.1, -0.05) is 18.2 Å².